The average Bonchev–Trinajstić information content (AvgIpc) is 3.19. The number of methoxy groups -OCH3 is 1. The molecule has 0 saturated carbocycles. The maximum Gasteiger partial charge on any atom is 0.276 e. The smallest absolute Gasteiger partial charge is 0.276 e. The van der Waals surface area contributed by atoms with Crippen molar-refractivity contribution in [3.05, 3.63) is 70.6 Å². The van der Waals surface area contributed by atoms with Crippen LogP contribution in [0.5, 0.6) is 5.75 Å². The number of hydrogen-bond donors (Lipinski definition) is 0. The quantitative estimate of drug-likeness (QED) is 0.556. The minimum atomic E-state index is -0.122. The molecule has 0 spiro atoms. The van der Waals surface area contributed by atoms with Crippen LogP contribution in [0.1, 0.15) is 57.7 Å². The third kappa shape index (κ3) is 4.80. The Balaban J connectivity index is 1.43. The van der Waals surface area contributed by atoms with E-state index in [1.54, 1.807) is 14.0 Å². The third-order valence-corrected chi connectivity index (χ3v) is 5.80. The second kappa shape index (κ2) is 9.91. The summed E-state index contributed by atoms with van der Waals surface area (Å²) in [6.07, 6.45) is 3.49. The molecule has 1 saturated heterocycles. The van der Waals surface area contributed by atoms with Gasteiger partial charge in [-0.3, -0.25) is 4.79 Å². The van der Waals surface area contributed by atoms with Gasteiger partial charge in [-0.15, -0.1) is 0 Å². The second-order valence-corrected chi connectivity index (χ2v) is 7.99. The SMILES string of the molecule is COCc1cnc(C)nc1C1CCN(C(=O)c2noc(C)c2COc2ccccc2)CC1. The Kier molecular flexibility index (Phi) is 6.80. The van der Waals surface area contributed by atoms with E-state index in [4.69, 9.17) is 14.0 Å². The fourth-order valence-corrected chi connectivity index (χ4v) is 4.04. The lowest BCUT2D eigenvalue weighted by atomic mass is 9.90. The molecule has 8 nitrogen and oxygen atoms in total. The van der Waals surface area contributed by atoms with Crippen LogP contribution in [-0.4, -0.2) is 46.1 Å². The van der Waals surface area contributed by atoms with Crippen LogP contribution >= 0.6 is 0 Å². The molecule has 1 fully saturated rings. The Labute approximate surface area is 187 Å². The number of carbonyl (C=O) groups excluding carboxylic acids is 1. The van der Waals surface area contributed by atoms with E-state index in [1.807, 2.05) is 48.4 Å². The van der Waals surface area contributed by atoms with E-state index in [2.05, 4.69) is 15.1 Å². The van der Waals surface area contributed by atoms with Gasteiger partial charge in [0, 0.05) is 37.9 Å². The summed E-state index contributed by atoms with van der Waals surface area (Å²) < 4.78 is 16.5. The van der Waals surface area contributed by atoms with Crippen molar-refractivity contribution in [1.82, 2.24) is 20.0 Å². The highest BCUT2D eigenvalue weighted by Crippen LogP contribution is 2.30. The first-order valence-electron chi connectivity index (χ1n) is 10.8. The number of carbonyl (C=O) groups is 1. The van der Waals surface area contributed by atoms with E-state index in [0.29, 0.717) is 36.7 Å². The van der Waals surface area contributed by atoms with Crippen LogP contribution in [0.15, 0.2) is 41.1 Å². The number of rotatable bonds is 7. The summed E-state index contributed by atoms with van der Waals surface area (Å²) >= 11 is 0. The van der Waals surface area contributed by atoms with E-state index < -0.39 is 0 Å². The van der Waals surface area contributed by atoms with Crippen LogP contribution in [0.2, 0.25) is 0 Å². The normalized spacial score (nSPS) is 14.5. The molecule has 0 aliphatic carbocycles. The monoisotopic (exact) mass is 436 g/mol. The molecule has 8 heteroatoms. The molecule has 3 heterocycles. The lowest BCUT2D eigenvalue weighted by Crippen LogP contribution is -2.39. The highest BCUT2D eigenvalue weighted by Gasteiger charge is 2.30. The largest absolute Gasteiger partial charge is 0.489 e. The fourth-order valence-electron chi connectivity index (χ4n) is 4.04. The van der Waals surface area contributed by atoms with Crippen molar-refractivity contribution in [2.45, 2.75) is 45.8 Å². The van der Waals surface area contributed by atoms with Crippen LogP contribution < -0.4 is 4.74 Å². The molecule has 3 aromatic rings. The summed E-state index contributed by atoms with van der Waals surface area (Å²) in [5, 5.41) is 4.05. The van der Waals surface area contributed by atoms with Crippen LogP contribution in [0, 0.1) is 13.8 Å². The minimum Gasteiger partial charge on any atom is -0.489 e. The summed E-state index contributed by atoms with van der Waals surface area (Å²) in [4.78, 5) is 24.0. The Bertz CT molecular complexity index is 1060. The fraction of sp³-hybridized carbons (Fsp3) is 0.417. The Morgan fingerprint density at radius 3 is 2.62 bits per heavy atom. The number of benzene rings is 1. The lowest BCUT2D eigenvalue weighted by Gasteiger charge is -2.32. The molecular formula is C24H28N4O4. The molecule has 0 unspecified atom stereocenters. The molecular weight excluding hydrogens is 408 g/mol. The zero-order valence-electron chi connectivity index (χ0n) is 18.7. The number of para-hydroxylation sites is 1. The molecule has 0 atom stereocenters. The summed E-state index contributed by atoms with van der Waals surface area (Å²) in [6.45, 7) is 5.67. The van der Waals surface area contributed by atoms with Crippen molar-refractivity contribution in [2.24, 2.45) is 0 Å². The number of aryl methyl sites for hydroxylation is 2. The summed E-state index contributed by atoms with van der Waals surface area (Å²) in [5.74, 6) is 2.23. The van der Waals surface area contributed by atoms with Gasteiger partial charge in [0.1, 0.15) is 23.9 Å². The summed E-state index contributed by atoms with van der Waals surface area (Å²) in [5.41, 5.74) is 3.06. The molecule has 2 aromatic heterocycles. The number of aromatic nitrogens is 3. The van der Waals surface area contributed by atoms with Crippen molar-refractivity contribution in [1.29, 1.82) is 0 Å². The maximum atomic E-state index is 13.2. The number of likely N-dealkylation sites (tertiary alicyclic amines) is 1. The predicted molar refractivity (Wildman–Crippen MR) is 117 cm³/mol. The Morgan fingerprint density at radius 1 is 1.16 bits per heavy atom. The van der Waals surface area contributed by atoms with Gasteiger partial charge in [-0.05, 0) is 38.8 Å². The van der Waals surface area contributed by atoms with Crippen molar-refractivity contribution in [3.8, 4) is 5.75 Å². The summed E-state index contributed by atoms with van der Waals surface area (Å²) in [7, 11) is 1.67. The molecule has 4 rings (SSSR count). The van der Waals surface area contributed by atoms with Gasteiger partial charge in [0.15, 0.2) is 5.69 Å². The molecule has 32 heavy (non-hydrogen) atoms. The van der Waals surface area contributed by atoms with E-state index in [-0.39, 0.29) is 18.4 Å². The van der Waals surface area contributed by atoms with Crippen LogP contribution in [0.4, 0.5) is 0 Å². The van der Waals surface area contributed by atoms with Crippen molar-refractivity contribution < 1.29 is 18.8 Å². The van der Waals surface area contributed by atoms with Gasteiger partial charge in [0.05, 0.1) is 17.9 Å². The zero-order valence-corrected chi connectivity index (χ0v) is 18.7. The molecule has 0 radical (unpaired) electrons. The first-order chi connectivity index (χ1) is 15.6. The van der Waals surface area contributed by atoms with Gasteiger partial charge in [0.2, 0.25) is 0 Å². The highest BCUT2D eigenvalue weighted by molar-refractivity contribution is 5.93. The number of piperidine rings is 1. The van der Waals surface area contributed by atoms with Crippen molar-refractivity contribution in [2.75, 3.05) is 20.2 Å². The standard InChI is InChI=1S/C24H28N4O4/c1-16-21(15-31-20-7-5-4-6-8-20)23(27-32-16)24(29)28-11-9-18(10-12-28)22-19(14-30-3)13-25-17(2)26-22/h4-8,13,18H,9-12,14-15H2,1-3H3. The predicted octanol–water partition coefficient (Wildman–Crippen LogP) is 3.83. The number of hydrogen-bond acceptors (Lipinski definition) is 7. The number of amides is 1. The topological polar surface area (TPSA) is 90.6 Å². The van der Waals surface area contributed by atoms with Gasteiger partial charge in [-0.25, -0.2) is 9.97 Å². The van der Waals surface area contributed by atoms with E-state index in [0.717, 1.165) is 35.7 Å². The minimum absolute atomic E-state index is 0.122. The molecule has 1 aromatic carbocycles. The Hall–Kier alpha value is -3.26. The molecule has 1 aliphatic heterocycles. The second-order valence-electron chi connectivity index (χ2n) is 7.99. The van der Waals surface area contributed by atoms with Crippen molar-refractivity contribution >= 4 is 5.91 Å². The molecule has 0 N–H and O–H groups in total. The van der Waals surface area contributed by atoms with E-state index in [9.17, 15) is 4.79 Å². The number of nitrogens with zero attached hydrogens (tertiary/aromatic N) is 4. The van der Waals surface area contributed by atoms with Gasteiger partial charge in [-0.2, -0.15) is 0 Å². The highest BCUT2D eigenvalue weighted by atomic mass is 16.5. The van der Waals surface area contributed by atoms with Crippen LogP contribution in [0.25, 0.3) is 0 Å². The zero-order chi connectivity index (χ0) is 22.5. The van der Waals surface area contributed by atoms with Gasteiger partial charge < -0.3 is 18.9 Å². The van der Waals surface area contributed by atoms with Crippen LogP contribution in [0.3, 0.4) is 0 Å². The first kappa shape index (κ1) is 22.0. The maximum absolute atomic E-state index is 13.2. The molecule has 1 aliphatic rings. The first-order valence-corrected chi connectivity index (χ1v) is 10.8. The van der Waals surface area contributed by atoms with Gasteiger partial charge in [0.25, 0.3) is 5.91 Å². The molecule has 0 bridgehead atoms. The van der Waals surface area contributed by atoms with Gasteiger partial charge in [-0.1, -0.05) is 23.4 Å². The van der Waals surface area contributed by atoms with E-state index >= 15 is 0 Å². The van der Waals surface area contributed by atoms with Crippen LogP contribution in [-0.2, 0) is 18.0 Å². The lowest BCUT2D eigenvalue weighted by molar-refractivity contribution is 0.0698. The molecule has 168 valence electrons. The van der Waals surface area contributed by atoms with Crippen molar-refractivity contribution in [3.63, 3.8) is 0 Å². The Morgan fingerprint density at radius 2 is 1.91 bits per heavy atom. The number of ether oxygens (including phenoxy) is 2. The average molecular weight is 437 g/mol. The van der Waals surface area contributed by atoms with Gasteiger partial charge >= 0.3 is 0 Å². The molecule has 1 amide bonds. The van der Waals surface area contributed by atoms with E-state index in [1.165, 1.54) is 0 Å². The summed E-state index contributed by atoms with van der Waals surface area (Å²) in [6, 6.07) is 9.49. The third-order valence-electron chi connectivity index (χ3n) is 5.80.